The Morgan fingerprint density at radius 3 is 2.16 bits per heavy atom. The molecule has 0 unspecified atom stereocenters. The van der Waals surface area contributed by atoms with Crippen molar-refractivity contribution < 1.29 is 8.42 Å². The van der Waals surface area contributed by atoms with Gasteiger partial charge >= 0.3 is 0 Å². The Kier molecular flexibility index (Phi) is 7.00. The Bertz CT molecular complexity index is 491. The van der Waals surface area contributed by atoms with Crippen molar-refractivity contribution >= 4 is 22.4 Å². The highest BCUT2D eigenvalue weighted by molar-refractivity contribution is 7.89. The molecule has 0 aliphatic rings. The number of halogens is 1. The van der Waals surface area contributed by atoms with Gasteiger partial charge in [0.1, 0.15) is 0 Å². The standard InChI is InChI=1S/C13H22N2O2S.ClH/c1-4-13(5-2,10-14)15-18(16,17)12-9-7-6-8-11(12)3;/h6-9,15H,4-5,10,14H2,1-3H3;1H. The van der Waals surface area contributed by atoms with E-state index in [4.69, 9.17) is 5.73 Å². The van der Waals surface area contributed by atoms with Crippen LogP contribution in [0.25, 0.3) is 0 Å². The van der Waals surface area contributed by atoms with E-state index in [-0.39, 0.29) is 12.4 Å². The SMILES string of the molecule is CCC(CC)(CN)NS(=O)(=O)c1ccccc1C.Cl. The first-order valence-electron chi connectivity index (χ1n) is 6.20. The molecule has 0 saturated heterocycles. The second-order valence-corrected chi connectivity index (χ2v) is 6.21. The summed E-state index contributed by atoms with van der Waals surface area (Å²) >= 11 is 0. The minimum absolute atomic E-state index is 0. The van der Waals surface area contributed by atoms with Crippen LogP contribution in [-0.4, -0.2) is 20.5 Å². The number of hydrogen-bond donors (Lipinski definition) is 2. The highest BCUT2D eigenvalue weighted by Crippen LogP contribution is 2.20. The highest BCUT2D eigenvalue weighted by Gasteiger charge is 2.31. The summed E-state index contributed by atoms with van der Waals surface area (Å²) in [4.78, 5) is 0.324. The van der Waals surface area contributed by atoms with Crippen LogP contribution < -0.4 is 10.5 Å². The molecule has 0 atom stereocenters. The van der Waals surface area contributed by atoms with Gasteiger partial charge in [0.05, 0.1) is 4.90 Å². The number of benzene rings is 1. The minimum Gasteiger partial charge on any atom is -0.329 e. The number of aryl methyl sites for hydroxylation is 1. The normalized spacial score (nSPS) is 12.0. The van der Waals surface area contributed by atoms with Gasteiger partial charge in [0.2, 0.25) is 10.0 Å². The van der Waals surface area contributed by atoms with Gasteiger partial charge in [0.25, 0.3) is 0 Å². The van der Waals surface area contributed by atoms with Crippen LogP contribution in [0.15, 0.2) is 29.2 Å². The van der Waals surface area contributed by atoms with Gasteiger partial charge in [-0.15, -0.1) is 12.4 Å². The zero-order valence-electron chi connectivity index (χ0n) is 11.6. The molecule has 0 aliphatic carbocycles. The molecule has 1 rings (SSSR count). The molecule has 0 bridgehead atoms. The lowest BCUT2D eigenvalue weighted by Gasteiger charge is -2.31. The molecule has 1 aromatic carbocycles. The summed E-state index contributed by atoms with van der Waals surface area (Å²) in [5, 5.41) is 0. The van der Waals surface area contributed by atoms with E-state index in [1.54, 1.807) is 25.1 Å². The molecular weight excluding hydrogens is 284 g/mol. The molecular formula is C13H23ClN2O2S. The molecule has 0 saturated carbocycles. The summed E-state index contributed by atoms with van der Waals surface area (Å²) in [6.07, 6.45) is 1.34. The van der Waals surface area contributed by atoms with E-state index in [1.165, 1.54) is 0 Å². The Balaban J connectivity index is 0.00000324. The maximum absolute atomic E-state index is 12.4. The number of sulfonamides is 1. The summed E-state index contributed by atoms with van der Waals surface area (Å²) in [6.45, 7) is 5.97. The van der Waals surface area contributed by atoms with Crippen LogP contribution in [0, 0.1) is 6.92 Å². The van der Waals surface area contributed by atoms with Gasteiger partial charge in [0, 0.05) is 12.1 Å². The van der Waals surface area contributed by atoms with Crippen LogP contribution in [0.1, 0.15) is 32.3 Å². The van der Waals surface area contributed by atoms with Gasteiger partial charge in [-0.2, -0.15) is 0 Å². The van der Waals surface area contributed by atoms with Crippen LogP contribution in [-0.2, 0) is 10.0 Å². The van der Waals surface area contributed by atoms with Gasteiger partial charge in [-0.05, 0) is 31.4 Å². The Morgan fingerprint density at radius 2 is 1.74 bits per heavy atom. The summed E-state index contributed by atoms with van der Waals surface area (Å²) in [5.41, 5.74) is 5.91. The molecule has 0 fully saturated rings. The second kappa shape index (κ2) is 7.24. The van der Waals surface area contributed by atoms with Gasteiger partial charge in [-0.1, -0.05) is 32.0 Å². The molecule has 3 N–H and O–H groups in total. The van der Waals surface area contributed by atoms with Crippen molar-refractivity contribution in [3.8, 4) is 0 Å². The first-order chi connectivity index (χ1) is 8.40. The highest BCUT2D eigenvalue weighted by atomic mass is 35.5. The number of nitrogens with one attached hydrogen (secondary N) is 1. The molecule has 110 valence electrons. The number of nitrogens with two attached hydrogens (primary N) is 1. The molecule has 0 aromatic heterocycles. The Labute approximate surface area is 122 Å². The predicted octanol–water partition coefficient (Wildman–Crippen LogP) is 2.21. The van der Waals surface area contributed by atoms with Crippen LogP contribution >= 0.6 is 12.4 Å². The van der Waals surface area contributed by atoms with Gasteiger partial charge in [-0.3, -0.25) is 0 Å². The summed E-state index contributed by atoms with van der Waals surface area (Å²) in [7, 11) is -3.51. The molecule has 19 heavy (non-hydrogen) atoms. The largest absolute Gasteiger partial charge is 0.329 e. The minimum atomic E-state index is -3.51. The third-order valence-corrected chi connectivity index (χ3v) is 5.22. The van der Waals surface area contributed by atoms with Crippen molar-refractivity contribution in [2.45, 2.75) is 44.0 Å². The number of rotatable bonds is 6. The lowest BCUT2D eigenvalue weighted by Crippen LogP contribution is -2.52. The van der Waals surface area contributed by atoms with Gasteiger partial charge < -0.3 is 5.73 Å². The van der Waals surface area contributed by atoms with Crippen molar-refractivity contribution in [3.63, 3.8) is 0 Å². The van der Waals surface area contributed by atoms with Crippen molar-refractivity contribution in [1.29, 1.82) is 0 Å². The van der Waals surface area contributed by atoms with Crippen molar-refractivity contribution in [3.05, 3.63) is 29.8 Å². The summed E-state index contributed by atoms with van der Waals surface area (Å²) in [5.74, 6) is 0. The molecule has 4 nitrogen and oxygen atoms in total. The van der Waals surface area contributed by atoms with Gasteiger partial charge in [-0.25, -0.2) is 13.1 Å². The van der Waals surface area contributed by atoms with Crippen molar-refractivity contribution in [1.82, 2.24) is 4.72 Å². The summed E-state index contributed by atoms with van der Waals surface area (Å²) in [6, 6.07) is 6.95. The Hall–Kier alpha value is -0.620. The fraction of sp³-hybridized carbons (Fsp3) is 0.538. The van der Waals surface area contributed by atoms with Crippen LogP contribution in [0.2, 0.25) is 0 Å². The van der Waals surface area contributed by atoms with Crippen molar-refractivity contribution in [2.24, 2.45) is 5.73 Å². The zero-order chi connectivity index (χ0) is 13.8. The lowest BCUT2D eigenvalue weighted by molar-refractivity contribution is 0.363. The van der Waals surface area contributed by atoms with E-state index >= 15 is 0 Å². The fourth-order valence-corrected chi connectivity index (χ4v) is 3.72. The van der Waals surface area contributed by atoms with E-state index in [9.17, 15) is 8.42 Å². The first kappa shape index (κ1) is 18.4. The van der Waals surface area contributed by atoms with E-state index in [0.717, 1.165) is 5.56 Å². The molecule has 6 heteroatoms. The van der Waals surface area contributed by atoms with E-state index < -0.39 is 15.6 Å². The second-order valence-electron chi connectivity index (χ2n) is 4.56. The smallest absolute Gasteiger partial charge is 0.241 e. The molecule has 0 spiro atoms. The molecule has 0 amide bonds. The average molecular weight is 307 g/mol. The maximum Gasteiger partial charge on any atom is 0.241 e. The third-order valence-electron chi connectivity index (χ3n) is 3.48. The predicted molar refractivity (Wildman–Crippen MR) is 81.1 cm³/mol. The monoisotopic (exact) mass is 306 g/mol. The average Bonchev–Trinajstić information content (AvgIpc) is 2.36. The first-order valence-corrected chi connectivity index (χ1v) is 7.69. The fourth-order valence-electron chi connectivity index (χ4n) is 1.92. The Morgan fingerprint density at radius 1 is 1.21 bits per heavy atom. The van der Waals surface area contributed by atoms with E-state index in [0.29, 0.717) is 24.3 Å². The summed E-state index contributed by atoms with van der Waals surface area (Å²) < 4.78 is 27.5. The maximum atomic E-state index is 12.4. The quantitative estimate of drug-likeness (QED) is 0.846. The van der Waals surface area contributed by atoms with Crippen LogP contribution in [0.3, 0.4) is 0 Å². The third kappa shape index (κ3) is 4.18. The van der Waals surface area contributed by atoms with Crippen molar-refractivity contribution in [2.75, 3.05) is 6.54 Å². The van der Waals surface area contributed by atoms with Crippen LogP contribution in [0.5, 0.6) is 0 Å². The molecule has 0 aliphatic heterocycles. The lowest BCUT2D eigenvalue weighted by atomic mass is 9.95. The molecule has 1 aromatic rings. The topological polar surface area (TPSA) is 72.2 Å². The van der Waals surface area contributed by atoms with Gasteiger partial charge in [0.15, 0.2) is 0 Å². The van der Waals surface area contributed by atoms with Crippen LogP contribution in [0.4, 0.5) is 0 Å². The van der Waals surface area contributed by atoms with E-state index in [1.807, 2.05) is 19.9 Å². The van der Waals surface area contributed by atoms with E-state index in [2.05, 4.69) is 4.72 Å². The molecule has 0 radical (unpaired) electrons. The molecule has 0 heterocycles. The zero-order valence-corrected chi connectivity index (χ0v) is 13.3. The number of hydrogen-bond acceptors (Lipinski definition) is 3.